The second kappa shape index (κ2) is 6.35. The third-order valence-electron chi connectivity index (χ3n) is 3.20. The molecule has 0 radical (unpaired) electrons. The van der Waals surface area contributed by atoms with Gasteiger partial charge in [0, 0.05) is 36.0 Å². The van der Waals surface area contributed by atoms with Gasteiger partial charge in [0.2, 0.25) is 5.88 Å². The predicted octanol–water partition coefficient (Wildman–Crippen LogP) is 3.87. The summed E-state index contributed by atoms with van der Waals surface area (Å²) in [6.45, 7) is 7.32. The van der Waals surface area contributed by atoms with E-state index >= 15 is 0 Å². The topological polar surface area (TPSA) is 47.0 Å². The zero-order valence-corrected chi connectivity index (χ0v) is 12.4. The Kier molecular flexibility index (Phi) is 4.52. The van der Waals surface area contributed by atoms with Gasteiger partial charge in [-0.1, -0.05) is 12.2 Å². The van der Waals surface area contributed by atoms with Crippen LogP contribution in [0.4, 0.5) is 10.2 Å². The van der Waals surface area contributed by atoms with Crippen molar-refractivity contribution in [2.75, 3.05) is 19.0 Å². The fraction of sp³-hybridized carbons (Fsp3) is 0.250. The molecule has 0 amide bonds. The Morgan fingerprint density at radius 3 is 2.76 bits per heavy atom. The second-order valence-electron chi connectivity index (χ2n) is 4.75. The molecular weight excluding hydrogens is 269 g/mol. The van der Waals surface area contributed by atoms with Crippen molar-refractivity contribution < 1.29 is 9.13 Å². The average Bonchev–Trinajstić information content (AvgIpc) is 2.46. The number of rotatable bonds is 5. The van der Waals surface area contributed by atoms with Crippen LogP contribution >= 0.6 is 0 Å². The SMILES string of the molecule is C=C(C)/C(CNc1nccc2cc(OC)ncc12)=C(\C)F. The quantitative estimate of drug-likeness (QED) is 0.848. The van der Waals surface area contributed by atoms with Gasteiger partial charge >= 0.3 is 0 Å². The van der Waals surface area contributed by atoms with Gasteiger partial charge in [0.1, 0.15) is 11.6 Å². The summed E-state index contributed by atoms with van der Waals surface area (Å²) in [5, 5.41) is 4.95. The molecule has 0 unspecified atom stereocenters. The summed E-state index contributed by atoms with van der Waals surface area (Å²) in [5.74, 6) is 0.958. The summed E-state index contributed by atoms with van der Waals surface area (Å²) in [6, 6.07) is 3.71. The molecule has 0 bridgehead atoms. The van der Waals surface area contributed by atoms with E-state index in [4.69, 9.17) is 4.74 Å². The Bertz CT molecular complexity index is 706. The van der Waals surface area contributed by atoms with Gasteiger partial charge in [-0.3, -0.25) is 0 Å². The van der Waals surface area contributed by atoms with Gasteiger partial charge in [-0.2, -0.15) is 0 Å². The molecule has 0 aliphatic carbocycles. The van der Waals surface area contributed by atoms with E-state index in [0.717, 1.165) is 10.8 Å². The first-order valence-corrected chi connectivity index (χ1v) is 6.56. The summed E-state index contributed by atoms with van der Waals surface area (Å²) >= 11 is 0. The highest BCUT2D eigenvalue weighted by atomic mass is 19.1. The molecule has 21 heavy (non-hydrogen) atoms. The third-order valence-corrected chi connectivity index (χ3v) is 3.20. The van der Waals surface area contributed by atoms with E-state index in [1.165, 1.54) is 6.92 Å². The molecule has 1 N–H and O–H groups in total. The highest BCUT2D eigenvalue weighted by Crippen LogP contribution is 2.24. The maximum Gasteiger partial charge on any atom is 0.213 e. The van der Waals surface area contributed by atoms with Crippen molar-refractivity contribution in [2.24, 2.45) is 0 Å². The van der Waals surface area contributed by atoms with E-state index in [1.807, 2.05) is 12.1 Å². The van der Waals surface area contributed by atoms with Crippen molar-refractivity contribution >= 4 is 16.6 Å². The number of nitrogens with zero attached hydrogens (tertiary/aromatic N) is 2. The lowest BCUT2D eigenvalue weighted by atomic mass is 10.1. The van der Waals surface area contributed by atoms with Crippen molar-refractivity contribution in [3.05, 3.63) is 48.1 Å². The maximum absolute atomic E-state index is 13.5. The Labute approximate surface area is 123 Å². The minimum atomic E-state index is -0.241. The number of methoxy groups -OCH3 is 1. The Morgan fingerprint density at radius 1 is 1.38 bits per heavy atom. The van der Waals surface area contributed by atoms with Crippen molar-refractivity contribution in [3.63, 3.8) is 0 Å². The third kappa shape index (κ3) is 3.37. The molecule has 0 aliphatic rings. The van der Waals surface area contributed by atoms with Crippen LogP contribution in [0.2, 0.25) is 0 Å². The zero-order chi connectivity index (χ0) is 15.4. The van der Waals surface area contributed by atoms with E-state index < -0.39 is 0 Å². The van der Waals surface area contributed by atoms with Gasteiger partial charge in [0.25, 0.3) is 0 Å². The Hall–Kier alpha value is -2.43. The standard InChI is InChI=1S/C16H18FN3O/c1-10(2)13(11(3)17)8-20-16-14-9-19-15(21-4)7-12(14)5-6-18-16/h5-7,9H,1,8H2,2-4H3,(H,18,20)/b13-11+. The predicted molar refractivity (Wildman–Crippen MR) is 83.2 cm³/mol. The number of anilines is 1. The summed E-state index contributed by atoms with van der Waals surface area (Å²) < 4.78 is 18.6. The first kappa shape index (κ1) is 15.0. The first-order valence-electron chi connectivity index (χ1n) is 6.56. The number of allylic oxidation sites excluding steroid dienone is 1. The van der Waals surface area contributed by atoms with E-state index in [2.05, 4.69) is 21.9 Å². The highest BCUT2D eigenvalue weighted by molar-refractivity contribution is 5.91. The molecule has 0 saturated heterocycles. The van der Waals surface area contributed by atoms with Gasteiger partial charge in [0.05, 0.1) is 7.11 Å². The molecule has 5 heteroatoms. The number of hydrogen-bond acceptors (Lipinski definition) is 4. The fourth-order valence-corrected chi connectivity index (χ4v) is 2.04. The van der Waals surface area contributed by atoms with E-state index in [0.29, 0.717) is 29.4 Å². The molecule has 0 atom stereocenters. The van der Waals surface area contributed by atoms with Crippen LogP contribution in [0.25, 0.3) is 10.8 Å². The summed E-state index contributed by atoms with van der Waals surface area (Å²) in [6.07, 6.45) is 3.38. The van der Waals surface area contributed by atoms with Crippen LogP contribution in [-0.4, -0.2) is 23.6 Å². The zero-order valence-electron chi connectivity index (χ0n) is 12.4. The lowest BCUT2D eigenvalue weighted by Gasteiger charge is -2.12. The molecule has 0 aromatic carbocycles. The van der Waals surface area contributed by atoms with Crippen molar-refractivity contribution in [1.29, 1.82) is 0 Å². The molecule has 110 valence electrons. The molecule has 0 aliphatic heterocycles. The lowest BCUT2D eigenvalue weighted by Crippen LogP contribution is -2.08. The summed E-state index contributed by atoms with van der Waals surface area (Å²) in [7, 11) is 1.57. The minimum Gasteiger partial charge on any atom is -0.481 e. The van der Waals surface area contributed by atoms with Gasteiger partial charge in [0.15, 0.2) is 0 Å². The van der Waals surface area contributed by atoms with Gasteiger partial charge in [-0.15, -0.1) is 0 Å². The van der Waals surface area contributed by atoms with Crippen molar-refractivity contribution in [3.8, 4) is 5.88 Å². The van der Waals surface area contributed by atoms with Crippen molar-refractivity contribution in [2.45, 2.75) is 13.8 Å². The van der Waals surface area contributed by atoms with E-state index in [-0.39, 0.29) is 5.83 Å². The van der Waals surface area contributed by atoms with E-state index in [9.17, 15) is 4.39 Å². The molecule has 2 aromatic rings. The number of fused-ring (bicyclic) bond motifs is 1. The molecular formula is C16H18FN3O. The van der Waals surface area contributed by atoms with Gasteiger partial charge in [-0.05, 0) is 25.3 Å². The van der Waals surface area contributed by atoms with Crippen LogP contribution in [0.1, 0.15) is 13.8 Å². The summed E-state index contributed by atoms with van der Waals surface area (Å²) in [5.41, 5.74) is 1.25. The average molecular weight is 287 g/mol. The van der Waals surface area contributed by atoms with Crippen LogP contribution in [0.5, 0.6) is 5.88 Å². The summed E-state index contributed by atoms with van der Waals surface area (Å²) in [4.78, 5) is 8.46. The molecule has 2 aromatic heterocycles. The number of ether oxygens (including phenoxy) is 1. The van der Waals surface area contributed by atoms with Crippen LogP contribution < -0.4 is 10.1 Å². The maximum atomic E-state index is 13.5. The van der Waals surface area contributed by atoms with Crippen molar-refractivity contribution in [1.82, 2.24) is 9.97 Å². The van der Waals surface area contributed by atoms with Crippen LogP contribution in [0.15, 0.2) is 48.1 Å². The van der Waals surface area contributed by atoms with Gasteiger partial charge in [-0.25, -0.2) is 14.4 Å². The molecule has 4 nitrogen and oxygen atoms in total. The number of aromatic nitrogens is 2. The number of hydrogen-bond donors (Lipinski definition) is 1. The highest BCUT2D eigenvalue weighted by Gasteiger charge is 2.08. The Morgan fingerprint density at radius 2 is 2.14 bits per heavy atom. The fourth-order valence-electron chi connectivity index (χ4n) is 2.04. The number of halogens is 1. The molecule has 0 spiro atoms. The first-order chi connectivity index (χ1) is 10.0. The number of pyridine rings is 2. The molecule has 2 rings (SSSR count). The smallest absolute Gasteiger partial charge is 0.213 e. The van der Waals surface area contributed by atoms with Crippen LogP contribution in [0.3, 0.4) is 0 Å². The minimum absolute atomic E-state index is 0.241. The monoisotopic (exact) mass is 287 g/mol. The Balaban J connectivity index is 2.31. The number of nitrogens with one attached hydrogen (secondary N) is 1. The van der Waals surface area contributed by atoms with Crippen LogP contribution in [0, 0.1) is 0 Å². The molecule has 2 heterocycles. The molecule has 0 saturated carbocycles. The van der Waals surface area contributed by atoms with Gasteiger partial charge < -0.3 is 10.1 Å². The lowest BCUT2D eigenvalue weighted by molar-refractivity contribution is 0.399. The normalized spacial score (nSPS) is 12.0. The largest absolute Gasteiger partial charge is 0.481 e. The second-order valence-corrected chi connectivity index (χ2v) is 4.75. The molecule has 0 fully saturated rings. The van der Waals surface area contributed by atoms with Crippen LogP contribution in [-0.2, 0) is 0 Å². The van der Waals surface area contributed by atoms with E-state index in [1.54, 1.807) is 26.4 Å².